The van der Waals surface area contributed by atoms with Crippen LogP contribution in [0.1, 0.15) is 5.76 Å². The Morgan fingerprint density at radius 3 is 2.65 bits per heavy atom. The number of fused-ring (bicyclic) bond motifs is 1. The van der Waals surface area contributed by atoms with Crippen molar-refractivity contribution in [2.45, 2.75) is 11.4 Å². The Morgan fingerprint density at radius 2 is 1.87 bits per heavy atom. The summed E-state index contributed by atoms with van der Waals surface area (Å²) in [6, 6.07) is 14.5. The summed E-state index contributed by atoms with van der Waals surface area (Å²) in [5, 5.41) is 5.01. The van der Waals surface area contributed by atoms with Gasteiger partial charge in [-0.25, -0.2) is 8.42 Å². The fourth-order valence-electron chi connectivity index (χ4n) is 2.40. The third kappa shape index (κ3) is 3.58. The molecule has 0 saturated heterocycles. The molecular formula is C17H16ClNO3S. The Balaban J connectivity index is 1.73. The SMILES string of the molecule is O=S(=O)(CCNCc1ccco1)c1ccc2ccccc2c1Cl. The first-order chi connectivity index (χ1) is 11.1. The van der Waals surface area contributed by atoms with E-state index in [4.69, 9.17) is 16.0 Å². The van der Waals surface area contributed by atoms with Gasteiger partial charge in [0.2, 0.25) is 0 Å². The van der Waals surface area contributed by atoms with E-state index in [0.29, 0.717) is 13.1 Å². The molecule has 3 aromatic rings. The molecule has 0 radical (unpaired) electrons. The molecule has 120 valence electrons. The van der Waals surface area contributed by atoms with Gasteiger partial charge in [-0.1, -0.05) is 41.9 Å². The fourth-order valence-corrected chi connectivity index (χ4v) is 4.27. The Labute approximate surface area is 140 Å². The molecule has 0 aliphatic carbocycles. The molecule has 2 aromatic carbocycles. The predicted octanol–water partition coefficient (Wildman–Crippen LogP) is 3.65. The van der Waals surface area contributed by atoms with Gasteiger partial charge in [0, 0.05) is 11.9 Å². The molecular weight excluding hydrogens is 334 g/mol. The van der Waals surface area contributed by atoms with Gasteiger partial charge in [0.15, 0.2) is 9.84 Å². The van der Waals surface area contributed by atoms with Crippen LogP contribution in [-0.2, 0) is 16.4 Å². The van der Waals surface area contributed by atoms with E-state index in [-0.39, 0.29) is 15.7 Å². The number of furan rings is 1. The van der Waals surface area contributed by atoms with Gasteiger partial charge in [-0.15, -0.1) is 0 Å². The summed E-state index contributed by atoms with van der Waals surface area (Å²) in [6.45, 7) is 0.820. The van der Waals surface area contributed by atoms with Crippen LogP contribution >= 0.6 is 11.6 Å². The largest absolute Gasteiger partial charge is 0.468 e. The number of nitrogens with one attached hydrogen (secondary N) is 1. The van der Waals surface area contributed by atoms with Crippen LogP contribution in [0.25, 0.3) is 10.8 Å². The molecule has 0 aliphatic heterocycles. The van der Waals surface area contributed by atoms with Crippen LogP contribution in [0.4, 0.5) is 0 Å². The van der Waals surface area contributed by atoms with Gasteiger partial charge < -0.3 is 9.73 Å². The van der Waals surface area contributed by atoms with Crippen LogP contribution in [0.5, 0.6) is 0 Å². The van der Waals surface area contributed by atoms with Crippen LogP contribution in [0.15, 0.2) is 64.1 Å². The molecule has 6 heteroatoms. The summed E-state index contributed by atoms with van der Waals surface area (Å²) in [5.41, 5.74) is 0. The van der Waals surface area contributed by atoms with Crippen molar-refractivity contribution in [1.82, 2.24) is 5.32 Å². The maximum absolute atomic E-state index is 12.5. The maximum Gasteiger partial charge on any atom is 0.181 e. The highest BCUT2D eigenvalue weighted by atomic mass is 35.5. The van der Waals surface area contributed by atoms with Crippen molar-refractivity contribution in [3.8, 4) is 0 Å². The van der Waals surface area contributed by atoms with E-state index in [0.717, 1.165) is 16.5 Å². The van der Waals surface area contributed by atoms with E-state index in [9.17, 15) is 8.42 Å². The summed E-state index contributed by atoms with van der Waals surface area (Å²) in [6.07, 6.45) is 1.59. The number of sulfone groups is 1. The normalized spacial score (nSPS) is 11.9. The highest BCUT2D eigenvalue weighted by molar-refractivity contribution is 7.91. The lowest BCUT2D eigenvalue weighted by Crippen LogP contribution is -2.22. The van der Waals surface area contributed by atoms with Crippen molar-refractivity contribution in [3.05, 3.63) is 65.6 Å². The second-order valence-corrected chi connectivity index (χ2v) is 7.63. The van der Waals surface area contributed by atoms with E-state index in [1.807, 2.05) is 30.3 Å². The second kappa shape index (κ2) is 6.74. The second-order valence-electron chi connectivity index (χ2n) is 5.17. The van der Waals surface area contributed by atoms with Gasteiger partial charge in [-0.2, -0.15) is 0 Å². The molecule has 0 amide bonds. The lowest BCUT2D eigenvalue weighted by Gasteiger charge is -2.09. The van der Waals surface area contributed by atoms with Crippen molar-refractivity contribution in [3.63, 3.8) is 0 Å². The molecule has 1 aromatic heterocycles. The summed E-state index contributed by atoms with van der Waals surface area (Å²) in [4.78, 5) is 0.178. The smallest absolute Gasteiger partial charge is 0.181 e. The minimum absolute atomic E-state index is 0.0221. The molecule has 0 unspecified atom stereocenters. The summed E-state index contributed by atoms with van der Waals surface area (Å²) in [7, 11) is -3.45. The first kappa shape index (κ1) is 16.1. The topological polar surface area (TPSA) is 59.3 Å². The predicted molar refractivity (Wildman–Crippen MR) is 91.4 cm³/mol. The fraction of sp³-hybridized carbons (Fsp3) is 0.176. The van der Waals surface area contributed by atoms with Crippen molar-refractivity contribution in [1.29, 1.82) is 0 Å². The summed E-state index contributed by atoms with van der Waals surface area (Å²) in [5.74, 6) is 0.748. The van der Waals surface area contributed by atoms with Crippen LogP contribution in [-0.4, -0.2) is 20.7 Å². The zero-order chi connectivity index (χ0) is 16.3. The zero-order valence-corrected chi connectivity index (χ0v) is 13.9. The number of benzene rings is 2. The Hall–Kier alpha value is -1.82. The third-order valence-electron chi connectivity index (χ3n) is 3.59. The monoisotopic (exact) mass is 349 g/mol. The Kier molecular flexibility index (Phi) is 4.71. The Morgan fingerprint density at radius 1 is 1.04 bits per heavy atom. The number of hydrogen-bond acceptors (Lipinski definition) is 4. The van der Waals surface area contributed by atoms with Crippen molar-refractivity contribution >= 4 is 32.2 Å². The van der Waals surface area contributed by atoms with E-state index < -0.39 is 9.84 Å². The van der Waals surface area contributed by atoms with Crippen LogP contribution in [0.2, 0.25) is 5.02 Å². The van der Waals surface area contributed by atoms with Gasteiger partial charge in [0.1, 0.15) is 5.76 Å². The third-order valence-corrected chi connectivity index (χ3v) is 5.86. The molecule has 0 spiro atoms. The van der Waals surface area contributed by atoms with Gasteiger partial charge in [-0.05, 0) is 23.6 Å². The van der Waals surface area contributed by atoms with Gasteiger partial charge in [0.25, 0.3) is 0 Å². The first-order valence-electron chi connectivity index (χ1n) is 7.21. The highest BCUT2D eigenvalue weighted by Gasteiger charge is 2.19. The lowest BCUT2D eigenvalue weighted by molar-refractivity contribution is 0.487. The average molecular weight is 350 g/mol. The minimum Gasteiger partial charge on any atom is -0.468 e. The van der Waals surface area contributed by atoms with Crippen molar-refractivity contribution in [2.75, 3.05) is 12.3 Å². The molecule has 23 heavy (non-hydrogen) atoms. The maximum atomic E-state index is 12.5. The van der Waals surface area contributed by atoms with E-state index in [2.05, 4.69) is 5.32 Å². The van der Waals surface area contributed by atoms with E-state index in [1.54, 1.807) is 24.5 Å². The molecule has 1 N–H and O–H groups in total. The van der Waals surface area contributed by atoms with Crippen LogP contribution < -0.4 is 5.32 Å². The molecule has 0 atom stereocenters. The standard InChI is InChI=1S/C17H16ClNO3S/c18-17-15-6-2-1-4-13(15)7-8-16(17)23(20,21)11-9-19-12-14-5-3-10-22-14/h1-8,10,19H,9,11-12H2. The van der Waals surface area contributed by atoms with Crippen LogP contribution in [0, 0.1) is 0 Å². The van der Waals surface area contributed by atoms with Crippen molar-refractivity contribution < 1.29 is 12.8 Å². The van der Waals surface area contributed by atoms with Gasteiger partial charge in [-0.3, -0.25) is 0 Å². The minimum atomic E-state index is -3.45. The average Bonchev–Trinajstić information content (AvgIpc) is 3.05. The molecule has 0 aliphatic rings. The zero-order valence-electron chi connectivity index (χ0n) is 12.3. The summed E-state index contributed by atoms with van der Waals surface area (Å²) < 4.78 is 30.2. The molecule has 0 bridgehead atoms. The lowest BCUT2D eigenvalue weighted by atomic mass is 10.1. The Bertz CT molecular complexity index is 905. The number of halogens is 1. The molecule has 3 rings (SSSR count). The number of hydrogen-bond donors (Lipinski definition) is 1. The first-order valence-corrected chi connectivity index (χ1v) is 9.24. The van der Waals surface area contributed by atoms with E-state index in [1.165, 1.54) is 0 Å². The molecule has 0 fully saturated rings. The molecule has 4 nitrogen and oxygen atoms in total. The quantitative estimate of drug-likeness (QED) is 0.690. The van der Waals surface area contributed by atoms with Crippen molar-refractivity contribution in [2.24, 2.45) is 0 Å². The van der Waals surface area contributed by atoms with Crippen LogP contribution in [0.3, 0.4) is 0 Å². The highest BCUT2D eigenvalue weighted by Crippen LogP contribution is 2.30. The number of rotatable bonds is 6. The van der Waals surface area contributed by atoms with Gasteiger partial charge in [0.05, 0.1) is 28.5 Å². The molecule has 1 heterocycles. The van der Waals surface area contributed by atoms with E-state index >= 15 is 0 Å². The summed E-state index contributed by atoms with van der Waals surface area (Å²) >= 11 is 6.31. The van der Waals surface area contributed by atoms with Gasteiger partial charge >= 0.3 is 0 Å². The molecule has 0 saturated carbocycles.